The van der Waals surface area contributed by atoms with E-state index < -0.39 is 36.9 Å². The smallest absolute Gasteiger partial charge is 0.330 e. The molecule has 2 aliphatic rings. The molecule has 24 heavy (non-hydrogen) atoms. The van der Waals surface area contributed by atoms with Gasteiger partial charge in [0.05, 0.1) is 12.5 Å². The first-order valence-corrected chi connectivity index (χ1v) is 7.79. The van der Waals surface area contributed by atoms with Crippen LogP contribution >= 0.6 is 0 Å². The number of allylic oxidation sites excluding steroid dienone is 4. The highest BCUT2D eigenvalue weighted by Crippen LogP contribution is 2.36. The van der Waals surface area contributed by atoms with Crippen molar-refractivity contribution in [3.63, 3.8) is 0 Å². The molecular formula is C16H18F5N3. The highest BCUT2D eigenvalue weighted by atomic mass is 19.4. The quantitative estimate of drug-likeness (QED) is 0.831. The molecule has 0 saturated carbocycles. The predicted molar refractivity (Wildman–Crippen MR) is 78.7 cm³/mol. The van der Waals surface area contributed by atoms with E-state index in [0.29, 0.717) is 18.7 Å². The van der Waals surface area contributed by atoms with Crippen LogP contribution in [0.1, 0.15) is 30.4 Å². The number of aromatic nitrogens is 2. The van der Waals surface area contributed by atoms with E-state index in [1.807, 2.05) is 0 Å². The van der Waals surface area contributed by atoms with Gasteiger partial charge in [0.1, 0.15) is 5.82 Å². The standard InChI is InChI=1S/C16H18F5N3/c17-12-3-1-2-11(14(12)18)9-4-5-13(22)15-23-7-10(24(15)8-9)6-16(19,20)21/h1-3,7,9,12-14H,4-6,8,22H2/t9-,12?,13-,14?/m1/s1. The number of nitrogens with two attached hydrogens (primary N) is 1. The monoisotopic (exact) mass is 347 g/mol. The van der Waals surface area contributed by atoms with E-state index >= 15 is 0 Å². The van der Waals surface area contributed by atoms with E-state index in [-0.39, 0.29) is 17.8 Å². The van der Waals surface area contributed by atoms with Crippen LogP contribution in [0, 0.1) is 5.92 Å². The Morgan fingerprint density at radius 3 is 2.71 bits per heavy atom. The van der Waals surface area contributed by atoms with E-state index in [2.05, 4.69) is 4.98 Å². The van der Waals surface area contributed by atoms with Gasteiger partial charge in [-0.05, 0) is 24.5 Å². The third kappa shape index (κ3) is 3.38. The average Bonchev–Trinajstić information content (AvgIpc) is 2.78. The van der Waals surface area contributed by atoms with Gasteiger partial charge in [-0.15, -0.1) is 0 Å². The summed E-state index contributed by atoms with van der Waals surface area (Å²) in [4.78, 5) is 4.03. The molecule has 2 unspecified atom stereocenters. The molecule has 0 spiro atoms. The minimum Gasteiger partial charge on any atom is -0.330 e. The highest BCUT2D eigenvalue weighted by Gasteiger charge is 2.35. The Hall–Kier alpha value is -1.70. The van der Waals surface area contributed by atoms with Crippen molar-refractivity contribution in [1.82, 2.24) is 9.55 Å². The Labute approximate surface area is 136 Å². The molecule has 2 N–H and O–H groups in total. The van der Waals surface area contributed by atoms with Crippen LogP contribution in [-0.2, 0) is 13.0 Å². The molecule has 8 heteroatoms. The minimum absolute atomic E-state index is 0.000918. The van der Waals surface area contributed by atoms with Crippen LogP contribution in [0.15, 0.2) is 30.0 Å². The van der Waals surface area contributed by atoms with Gasteiger partial charge in [-0.2, -0.15) is 13.2 Å². The van der Waals surface area contributed by atoms with Crippen LogP contribution in [0.2, 0.25) is 0 Å². The normalized spacial score (nSPS) is 30.7. The lowest BCUT2D eigenvalue weighted by molar-refractivity contribution is -0.128. The Kier molecular flexibility index (Phi) is 4.50. The second kappa shape index (κ2) is 6.31. The fourth-order valence-corrected chi connectivity index (χ4v) is 3.38. The minimum atomic E-state index is -4.37. The maximum Gasteiger partial charge on any atom is 0.394 e. The topological polar surface area (TPSA) is 43.8 Å². The molecule has 0 aromatic carbocycles. The molecule has 3 rings (SSSR count). The largest absolute Gasteiger partial charge is 0.394 e. The summed E-state index contributed by atoms with van der Waals surface area (Å²) < 4.78 is 67.5. The van der Waals surface area contributed by atoms with E-state index in [0.717, 1.165) is 6.08 Å². The lowest BCUT2D eigenvalue weighted by atomic mass is 9.86. The van der Waals surface area contributed by atoms with Crippen LogP contribution in [0.4, 0.5) is 22.0 Å². The lowest BCUT2D eigenvalue weighted by Gasteiger charge is -2.26. The molecular weight excluding hydrogens is 329 g/mol. The number of hydrogen-bond donors (Lipinski definition) is 1. The van der Waals surface area contributed by atoms with Crippen molar-refractivity contribution in [2.24, 2.45) is 11.7 Å². The number of imidazole rings is 1. The summed E-state index contributed by atoms with van der Waals surface area (Å²) in [5.74, 6) is -0.0346. The molecule has 1 aromatic heterocycles. The van der Waals surface area contributed by atoms with Crippen molar-refractivity contribution >= 4 is 0 Å². The summed E-state index contributed by atoms with van der Waals surface area (Å²) in [6, 6.07) is -0.518. The van der Waals surface area contributed by atoms with E-state index in [1.165, 1.54) is 22.9 Å². The number of rotatable bonds is 2. The average molecular weight is 347 g/mol. The molecule has 0 saturated heterocycles. The van der Waals surface area contributed by atoms with Crippen LogP contribution in [0.5, 0.6) is 0 Å². The number of hydrogen-bond acceptors (Lipinski definition) is 2. The van der Waals surface area contributed by atoms with Crippen molar-refractivity contribution < 1.29 is 22.0 Å². The van der Waals surface area contributed by atoms with Gasteiger partial charge in [0.2, 0.25) is 0 Å². The molecule has 0 fully saturated rings. The van der Waals surface area contributed by atoms with Gasteiger partial charge in [-0.3, -0.25) is 0 Å². The fourth-order valence-electron chi connectivity index (χ4n) is 3.38. The van der Waals surface area contributed by atoms with Gasteiger partial charge < -0.3 is 10.3 Å². The van der Waals surface area contributed by atoms with Crippen LogP contribution < -0.4 is 5.73 Å². The fraction of sp³-hybridized carbons (Fsp3) is 0.562. The Balaban J connectivity index is 1.92. The first-order valence-electron chi connectivity index (χ1n) is 7.79. The Bertz CT molecular complexity index is 661. The van der Waals surface area contributed by atoms with Crippen LogP contribution in [0.3, 0.4) is 0 Å². The molecule has 1 aliphatic carbocycles. The molecule has 1 aromatic rings. The van der Waals surface area contributed by atoms with Gasteiger partial charge in [0.15, 0.2) is 12.3 Å². The number of alkyl halides is 5. The van der Waals surface area contributed by atoms with E-state index in [4.69, 9.17) is 5.73 Å². The molecule has 0 amide bonds. The summed E-state index contributed by atoms with van der Waals surface area (Å²) >= 11 is 0. The zero-order valence-electron chi connectivity index (χ0n) is 12.8. The second-order valence-corrected chi connectivity index (χ2v) is 6.29. The third-order valence-corrected chi connectivity index (χ3v) is 4.56. The van der Waals surface area contributed by atoms with Crippen molar-refractivity contribution in [3.8, 4) is 0 Å². The van der Waals surface area contributed by atoms with Gasteiger partial charge in [-0.25, -0.2) is 13.8 Å². The zero-order valence-corrected chi connectivity index (χ0v) is 12.8. The molecule has 0 bridgehead atoms. The number of fused-ring (bicyclic) bond motifs is 1. The highest BCUT2D eigenvalue weighted by molar-refractivity contribution is 5.28. The molecule has 3 nitrogen and oxygen atoms in total. The van der Waals surface area contributed by atoms with E-state index in [9.17, 15) is 22.0 Å². The molecule has 2 heterocycles. The second-order valence-electron chi connectivity index (χ2n) is 6.29. The summed E-state index contributed by atoms with van der Waals surface area (Å²) in [5.41, 5.74) is 6.29. The van der Waals surface area contributed by atoms with Crippen molar-refractivity contribution in [2.45, 2.75) is 50.4 Å². The molecule has 4 atom stereocenters. The van der Waals surface area contributed by atoms with Gasteiger partial charge in [0.25, 0.3) is 0 Å². The van der Waals surface area contributed by atoms with Crippen LogP contribution in [-0.4, -0.2) is 28.1 Å². The summed E-state index contributed by atoms with van der Waals surface area (Å²) in [5, 5.41) is 0. The van der Waals surface area contributed by atoms with Gasteiger partial charge in [0, 0.05) is 24.4 Å². The first kappa shape index (κ1) is 17.1. The first-order chi connectivity index (χ1) is 11.3. The summed E-state index contributed by atoms with van der Waals surface area (Å²) in [7, 11) is 0. The van der Waals surface area contributed by atoms with Crippen molar-refractivity contribution in [1.29, 1.82) is 0 Å². The number of halogens is 5. The van der Waals surface area contributed by atoms with Crippen molar-refractivity contribution in [3.05, 3.63) is 41.5 Å². The lowest BCUT2D eigenvalue weighted by Crippen LogP contribution is -2.27. The SMILES string of the molecule is N[C@@H]1CC[C@@H](C2=CC=CC(F)C2F)Cn2c(CC(F)(F)F)cnc21. The summed E-state index contributed by atoms with van der Waals surface area (Å²) in [6.07, 6.45) is -2.79. The number of nitrogens with zero attached hydrogens (tertiary/aromatic N) is 2. The maximum absolute atomic E-state index is 14.2. The zero-order chi connectivity index (χ0) is 17.5. The van der Waals surface area contributed by atoms with E-state index in [1.54, 1.807) is 0 Å². The maximum atomic E-state index is 14.2. The Morgan fingerprint density at radius 1 is 1.25 bits per heavy atom. The Morgan fingerprint density at radius 2 is 2.00 bits per heavy atom. The molecule has 1 aliphatic heterocycles. The van der Waals surface area contributed by atoms with Crippen molar-refractivity contribution in [2.75, 3.05) is 0 Å². The van der Waals surface area contributed by atoms with Gasteiger partial charge >= 0.3 is 6.18 Å². The summed E-state index contributed by atoms with van der Waals surface area (Å²) in [6.45, 7) is 0.126. The van der Waals surface area contributed by atoms with Crippen LogP contribution in [0.25, 0.3) is 0 Å². The predicted octanol–water partition coefficient (Wildman–Crippen LogP) is 3.57. The molecule has 132 valence electrons. The third-order valence-electron chi connectivity index (χ3n) is 4.56. The van der Waals surface area contributed by atoms with Gasteiger partial charge in [-0.1, -0.05) is 12.2 Å². The molecule has 0 radical (unpaired) electrons.